The zero-order valence-electron chi connectivity index (χ0n) is 30.3. The van der Waals surface area contributed by atoms with Crippen molar-refractivity contribution in [2.75, 3.05) is 72.0 Å². The van der Waals surface area contributed by atoms with Gasteiger partial charge in [0.2, 0.25) is 0 Å². The van der Waals surface area contributed by atoms with Crippen molar-refractivity contribution in [3.63, 3.8) is 0 Å². The molecule has 0 atom stereocenters. The zero-order chi connectivity index (χ0) is 33.8. The molecule has 0 aliphatic heterocycles. The first-order chi connectivity index (χ1) is 22.9. The largest absolute Gasteiger partial charge is 0.372 e. The van der Waals surface area contributed by atoms with Gasteiger partial charge in [-0.05, 0) is 132 Å². The molecule has 0 radical (unpaired) electrons. The van der Waals surface area contributed by atoms with Crippen molar-refractivity contribution in [3.05, 3.63) is 125 Å². The minimum absolute atomic E-state index is 0.0893. The number of benzene rings is 4. The van der Waals surface area contributed by atoms with Gasteiger partial charge < -0.3 is 19.6 Å². The Labute approximate surface area is 286 Å². The summed E-state index contributed by atoms with van der Waals surface area (Å²) in [4.78, 5) is 9.63. The summed E-state index contributed by atoms with van der Waals surface area (Å²) in [5.41, 5.74) is 11.4. The summed E-state index contributed by atoms with van der Waals surface area (Å²) in [6, 6.07) is 36.9. The lowest BCUT2D eigenvalue weighted by Gasteiger charge is -2.25. The van der Waals surface area contributed by atoms with Crippen LogP contribution in [-0.4, -0.2) is 52.4 Å². The molecular formula is C43H58N4. The van der Waals surface area contributed by atoms with E-state index in [0.717, 1.165) is 52.4 Å². The van der Waals surface area contributed by atoms with Crippen LogP contribution < -0.4 is 19.6 Å². The summed E-state index contributed by atoms with van der Waals surface area (Å²) in [7, 11) is 0. The van der Waals surface area contributed by atoms with Gasteiger partial charge in [0.25, 0.3) is 0 Å². The third-order valence-electron chi connectivity index (χ3n) is 9.71. The lowest BCUT2D eigenvalue weighted by atomic mass is 9.86. The second-order valence-corrected chi connectivity index (χ2v) is 12.0. The van der Waals surface area contributed by atoms with Gasteiger partial charge >= 0.3 is 0 Å². The second-order valence-electron chi connectivity index (χ2n) is 12.0. The van der Waals surface area contributed by atoms with E-state index in [4.69, 9.17) is 0 Å². The molecule has 0 heterocycles. The Hall–Kier alpha value is -4.18. The molecule has 0 N–H and O–H groups in total. The molecule has 250 valence electrons. The molecule has 0 unspecified atom stereocenters. The quantitative estimate of drug-likeness (QED) is 0.115. The maximum absolute atomic E-state index is 2.50. The zero-order valence-corrected chi connectivity index (χ0v) is 30.3. The minimum Gasteiger partial charge on any atom is -0.372 e. The predicted molar refractivity (Wildman–Crippen MR) is 209 cm³/mol. The van der Waals surface area contributed by atoms with Gasteiger partial charge in [0.05, 0.1) is 0 Å². The van der Waals surface area contributed by atoms with Crippen molar-refractivity contribution in [1.82, 2.24) is 0 Å². The molecule has 0 aliphatic rings. The standard InChI is InChI=1S/C43H58N4/c1-9-44(10-2)38-25-17-34(18-26-38)42(35-19-27-39(28-20-35)45(11-3)12-4)33-43(36-21-29-40(30-22-36)46(13-5)14-6)37-23-31-41(32-24-37)47(15-7)16-8/h17-33,42H,9-16H2,1-8H3. The SMILES string of the molecule is CCN(CC)c1ccc(C(=CC(c2ccc(N(CC)CC)cc2)c2ccc(N(CC)CC)cc2)c2ccc(N(CC)CC)cc2)cc1. The van der Waals surface area contributed by atoms with Crippen LogP contribution in [0.2, 0.25) is 0 Å². The van der Waals surface area contributed by atoms with Gasteiger partial charge in [-0.15, -0.1) is 0 Å². The van der Waals surface area contributed by atoms with E-state index in [1.54, 1.807) is 0 Å². The van der Waals surface area contributed by atoms with Crippen LogP contribution in [0.3, 0.4) is 0 Å². The molecule has 0 saturated heterocycles. The summed E-state index contributed by atoms with van der Waals surface area (Å²) in [6.07, 6.45) is 2.50. The summed E-state index contributed by atoms with van der Waals surface area (Å²) < 4.78 is 0. The Morgan fingerprint density at radius 3 is 0.851 bits per heavy atom. The molecule has 0 spiro atoms. The average molecular weight is 631 g/mol. The fraction of sp³-hybridized carbons (Fsp3) is 0.395. The highest BCUT2D eigenvalue weighted by Gasteiger charge is 2.18. The fourth-order valence-electron chi connectivity index (χ4n) is 6.75. The van der Waals surface area contributed by atoms with E-state index in [-0.39, 0.29) is 5.92 Å². The minimum atomic E-state index is 0.0893. The van der Waals surface area contributed by atoms with E-state index < -0.39 is 0 Å². The van der Waals surface area contributed by atoms with Crippen molar-refractivity contribution in [2.24, 2.45) is 0 Å². The number of hydrogen-bond acceptors (Lipinski definition) is 4. The van der Waals surface area contributed by atoms with Crippen LogP contribution in [-0.2, 0) is 0 Å². The first kappa shape index (κ1) is 35.7. The van der Waals surface area contributed by atoms with Gasteiger partial charge in [-0.2, -0.15) is 0 Å². The summed E-state index contributed by atoms with van der Waals surface area (Å²) >= 11 is 0. The predicted octanol–water partition coefficient (Wildman–Crippen LogP) is 10.3. The van der Waals surface area contributed by atoms with E-state index in [1.165, 1.54) is 50.6 Å². The first-order valence-corrected chi connectivity index (χ1v) is 18.1. The molecule has 4 heteroatoms. The highest BCUT2D eigenvalue weighted by atomic mass is 15.1. The molecule has 0 aromatic heterocycles. The molecule has 0 aliphatic carbocycles. The fourth-order valence-corrected chi connectivity index (χ4v) is 6.75. The van der Waals surface area contributed by atoms with Gasteiger partial charge in [-0.3, -0.25) is 0 Å². The second kappa shape index (κ2) is 17.7. The van der Waals surface area contributed by atoms with Gasteiger partial charge in [-0.25, -0.2) is 0 Å². The Morgan fingerprint density at radius 2 is 0.617 bits per heavy atom. The van der Waals surface area contributed by atoms with Crippen LogP contribution in [0, 0.1) is 0 Å². The van der Waals surface area contributed by atoms with Crippen LogP contribution >= 0.6 is 0 Å². The molecular weight excluding hydrogens is 573 g/mol. The van der Waals surface area contributed by atoms with Crippen molar-refractivity contribution < 1.29 is 0 Å². The lowest BCUT2D eigenvalue weighted by Crippen LogP contribution is -2.21. The Balaban J connectivity index is 1.89. The summed E-state index contributed by atoms with van der Waals surface area (Å²) in [5, 5.41) is 0. The third kappa shape index (κ3) is 8.60. The van der Waals surface area contributed by atoms with Crippen LogP contribution in [0.25, 0.3) is 5.57 Å². The van der Waals surface area contributed by atoms with Crippen molar-refractivity contribution in [2.45, 2.75) is 61.3 Å². The van der Waals surface area contributed by atoms with E-state index in [0.29, 0.717) is 0 Å². The van der Waals surface area contributed by atoms with Gasteiger partial charge in [-0.1, -0.05) is 54.6 Å². The molecule has 0 amide bonds. The number of rotatable bonds is 17. The summed E-state index contributed by atoms with van der Waals surface area (Å²) in [5.74, 6) is 0.0893. The van der Waals surface area contributed by atoms with Gasteiger partial charge in [0.15, 0.2) is 0 Å². The molecule has 4 rings (SSSR count). The molecule has 0 fully saturated rings. The third-order valence-corrected chi connectivity index (χ3v) is 9.71. The van der Waals surface area contributed by atoms with Crippen molar-refractivity contribution >= 4 is 28.3 Å². The molecule has 4 aromatic rings. The van der Waals surface area contributed by atoms with E-state index >= 15 is 0 Å². The van der Waals surface area contributed by atoms with Crippen LogP contribution in [0.15, 0.2) is 103 Å². The van der Waals surface area contributed by atoms with Crippen molar-refractivity contribution in [1.29, 1.82) is 0 Å². The Morgan fingerprint density at radius 1 is 0.383 bits per heavy atom. The van der Waals surface area contributed by atoms with Crippen LogP contribution in [0.4, 0.5) is 22.7 Å². The molecule has 0 saturated carbocycles. The average Bonchev–Trinajstić information content (AvgIpc) is 3.12. The maximum atomic E-state index is 2.50. The highest BCUT2D eigenvalue weighted by molar-refractivity contribution is 5.82. The normalized spacial score (nSPS) is 11.0. The van der Waals surface area contributed by atoms with Gasteiger partial charge in [0, 0.05) is 81.0 Å². The van der Waals surface area contributed by atoms with Crippen LogP contribution in [0.5, 0.6) is 0 Å². The number of anilines is 4. The topological polar surface area (TPSA) is 13.0 Å². The lowest BCUT2D eigenvalue weighted by molar-refractivity contribution is 0.863. The molecule has 4 aromatic carbocycles. The smallest absolute Gasteiger partial charge is 0.0366 e. The van der Waals surface area contributed by atoms with E-state index in [1.807, 2.05) is 0 Å². The van der Waals surface area contributed by atoms with Crippen molar-refractivity contribution in [3.8, 4) is 0 Å². The number of hydrogen-bond donors (Lipinski definition) is 0. The molecule has 0 bridgehead atoms. The van der Waals surface area contributed by atoms with E-state index in [9.17, 15) is 0 Å². The molecule has 47 heavy (non-hydrogen) atoms. The maximum Gasteiger partial charge on any atom is 0.0366 e. The first-order valence-electron chi connectivity index (χ1n) is 18.1. The summed E-state index contributed by atoms with van der Waals surface area (Å²) in [6.45, 7) is 25.8. The van der Waals surface area contributed by atoms with Crippen LogP contribution in [0.1, 0.15) is 83.6 Å². The Bertz CT molecular complexity index is 1380. The monoisotopic (exact) mass is 630 g/mol. The number of nitrogens with zero attached hydrogens (tertiary/aromatic N) is 4. The van der Waals surface area contributed by atoms with Gasteiger partial charge in [0.1, 0.15) is 0 Å². The molecule has 4 nitrogen and oxygen atoms in total. The number of allylic oxidation sites excluding steroid dienone is 1. The van der Waals surface area contributed by atoms with E-state index in [2.05, 4.69) is 178 Å². The Kier molecular flexibility index (Phi) is 13.4. The highest BCUT2D eigenvalue weighted by Crippen LogP contribution is 2.36.